The molecule has 0 saturated heterocycles. The van der Waals surface area contributed by atoms with Gasteiger partial charge in [-0.15, -0.1) is 0 Å². The SMILES string of the molecule is c1ccc2c(c1)Oc1ccc(-c3ccc4ccc5cc6ccccc6cc5c4c3)c3cccc-2c13. The average Bonchev–Trinajstić information content (AvgIpc) is 2.92. The summed E-state index contributed by atoms with van der Waals surface area (Å²) >= 11 is 0. The van der Waals surface area contributed by atoms with Gasteiger partial charge in [0.05, 0.1) is 0 Å². The molecule has 0 N–H and O–H groups in total. The standard InChI is InChI=1S/C34H20O/c1-2-7-23-19-31-24(18-22(23)6-1)14-12-21-13-15-25(20-30(21)31)26-16-17-33-34-28(26)9-5-10-29(34)27-8-3-4-11-32(27)35-33/h1-20H. The van der Waals surface area contributed by atoms with Gasteiger partial charge in [0.1, 0.15) is 11.5 Å². The van der Waals surface area contributed by atoms with Crippen molar-refractivity contribution in [2.24, 2.45) is 0 Å². The first-order chi connectivity index (χ1) is 17.3. The van der Waals surface area contributed by atoms with Gasteiger partial charge in [-0.3, -0.25) is 0 Å². The highest BCUT2D eigenvalue weighted by Gasteiger charge is 2.21. The third-order valence-corrected chi connectivity index (χ3v) is 7.41. The molecule has 0 aliphatic carbocycles. The Balaban J connectivity index is 1.41. The Morgan fingerprint density at radius 3 is 2.06 bits per heavy atom. The number of benzene rings is 7. The number of hydrogen-bond acceptors (Lipinski definition) is 1. The molecule has 0 bridgehead atoms. The molecule has 0 spiro atoms. The molecule has 1 heterocycles. The van der Waals surface area contributed by atoms with Gasteiger partial charge in [0.2, 0.25) is 0 Å². The summed E-state index contributed by atoms with van der Waals surface area (Å²) in [6.45, 7) is 0. The lowest BCUT2D eigenvalue weighted by Gasteiger charge is -2.22. The fourth-order valence-corrected chi connectivity index (χ4v) is 5.74. The summed E-state index contributed by atoms with van der Waals surface area (Å²) in [7, 11) is 0. The van der Waals surface area contributed by atoms with Crippen LogP contribution in [0.4, 0.5) is 0 Å². The van der Waals surface area contributed by atoms with Crippen molar-refractivity contribution in [3.05, 3.63) is 121 Å². The lowest BCUT2D eigenvalue weighted by Crippen LogP contribution is -1.97. The van der Waals surface area contributed by atoms with E-state index in [0.717, 1.165) is 17.1 Å². The zero-order valence-corrected chi connectivity index (χ0v) is 19.0. The van der Waals surface area contributed by atoms with Crippen molar-refractivity contribution in [3.8, 4) is 33.8 Å². The normalized spacial score (nSPS) is 12.2. The Morgan fingerprint density at radius 1 is 0.371 bits per heavy atom. The fraction of sp³-hybridized carbons (Fsp3) is 0. The molecule has 7 aromatic carbocycles. The van der Waals surface area contributed by atoms with Gasteiger partial charge in [0.25, 0.3) is 0 Å². The molecule has 1 aliphatic heterocycles. The first kappa shape index (κ1) is 18.8. The van der Waals surface area contributed by atoms with Gasteiger partial charge in [-0.25, -0.2) is 0 Å². The number of ether oxygens (including phenoxy) is 1. The summed E-state index contributed by atoms with van der Waals surface area (Å²) < 4.78 is 6.31. The van der Waals surface area contributed by atoms with Crippen LogP contribution in [0.5, 0.6) is 11.5 Å². The molecule has 1 aliphatic rings. The number of para-hydroxylation sites is 1. The molecule has 1 nitrogen and oxygen atoms in total. The van der Waals surface area contributed by atoms with Crippen LogP contribution < -0.4 is 4.74 Å². The monoisotopic (exact) mass is 444 g/mol. The van der Waals surface area contributed by atoms with Gasteiger partial charge in [0, 0.05) is 10.9 Å². The predicted octanol–water partition coefficient (Wildman–Crippen LogP) is 9.74. The molecule has 0 unspecified atom stereocenters. The lowest BCUT2D eigenvalue weighted by atomic mass is 9.89. The van der Waals surface area contributed by atoms with Gasteiger partial charge in [-0.05, 0) is 84.7 Å². The van der Waals surface area contributed by atoms with Crippen molar-refractivity contribution in [1.29, 1.82) is 0 Å². The van der Waals surface area contributed by atoms with Crippen molar-refractivity contribution in [3.63, 3.8) is 0 Å². The smallest absolute Gasteiger partial charge is 0.135 e. The minimum Gasteiger partial charge on any atom is -0.456 e. The molecule has 0 aromatic heterocycles. The van der Waals surface area contributed by atoms with Gasteiger partial charge in [-0.2, -0.15) is 0 Å². The molecule has 7 aromatic rings. The van der Waals surface area contributed by atoms with Crippen molar-refractivity contribution >= 4 is 43.1 Å². The Kier molecular flexibility index (Phi) is 3.72. The van der Waals surface area contributed by atoms with Crippen LogP contribution in [-0.2, 0) is 0 Å². The molecule has 8 rings (SSSR count). The van der Waals surface area contributed by atoms with Gasteiger partial charge in [0.15, 0.2) is 0 Å². The van der Waals surface area contributed by atoms with Crippen LogP contribution in [0.3, 0.4) is 0 Å². The zero-order chi connectivity index (χ0) is 22.9. The molecule has 1 heteroatoms. The molecule has 0 radical (unpaired) electrons. The van der Waals surface area contributed by atoms with Crippen LogP contribution in [0.25, 0.3) is 65.3 Å². The Morgan fingerprint density at radius 2 is 1.11 bits per heavy atom. The largest absolute Gasteiger partial charge is 0.456 e. The van der Waals surface area contributed by atoms with Crippen LogP contribution in [0.15, 0.2) is 121 Å². The highest BCUT2D eigenvalue weighted by molar-refractivity contribution is 6.15. The molecule has 0 saturated carbocycles. The summed E-state index contributed by atoms with van der Waals surface area (Å²) in [6, 6.07) is 43.8. The van der Waals surface area contributed by atoms with E-state index in [0.29, 0.717) is 0 Å². The van der Waals surface area contributed by atoms with Crippen molar-refractivity contribution in [2.45, 2.75) is 0 Å². The number of rotatable bonds is 1. The van der Waals surface area contributed by atoms with Crippen LogP contribution >= 0.6 is 0 Å². The van der Waals surface area contributed by atoms with E-state index in [-0.39, 0.29) is 0 Å². The van der Waals surface area contributed by atoms with E-state index in [1.54, 1.807) is 0 Å². The van der Waals surface area contributed by atoms with E-state index >= 15 is 0 Å². The summed E-state index contributed by atoms with van der Waals surface area (Å²) in [5.74, 6) is 1.85. The second-order valence-electron chi connectivity index (χ2n) is 9.36. The van der Waals surface area contributed by atoms with E-state index in [2.05, 4.69) is 109 Å². The Hall–Kier alpha value is -4.62. The fourth-order valence-electron chi connectivity index (χ4n) is 5.74. The maximum atomic E-state index is 6.31. The van der Waals surface area contributed by atoms with E-state index in [1.165, 1.54) is 59.8 Å². The third-order valence-electron chi connectivity index (χ3n) is 7.41. The Labute approximate surface area is 202 Å². The average molecular weight is 445 g/mol. The van der Waals surface area contributed by atoms with E-state index in [1.807, 2.05) is 12.1 Å². The minimum absolute atomic E-state index is 0.921. The van der Waals surface area contributed by atoms with E-state index in [9.17, 15) is 0 Å². The topological polar surface area (TPSA) is 9.23 Å². The third kappa shape index (κ3) is 2.70. The first-order valence-electron chi connectivity index (χ1n) is 12.0. The minimum atomic E-state index is 0.921. The van der Waals surface area contributed by atoms with Crippen LogP contribution in [0.1, 0.15) is 0 Å². The van der Waals surface area contributed by atoms with Gasteiger partial charge < -0.3 is 4.74 Å². The molecule has 35 heavy (non-hydrogen) atoms. The summed E-state index contributed by atoms with van der Waals surface area (Å²) in [5, 5.41) is 10.1. The number of fused-ring (bicyclic) bond motifs is 6. The van der Waals surface area contributed by atoms with Crippen molar-refractivity contribution in [1.82, 2.24) is 0 Å². The van der Waals surface area contributed by atoms with Crippen molar-refractivity contribution < 1.29 is 4.74 Å². The molecular weight excluding hydrogens is 424 g/mol. The second kappa shape index (κ2) is 6.94. The zero-order valence-electron chi connectivity index (χ0n) is 19.0. The van der Waals surface area contributed by atoms with Gasteiger partial charge in [-0.1, -0.05) is 91.0 Å². The molecular formula is C34H20O. The van der Waals surface area contributed by atoms with Crippen LogP contribution in [-0.4, -0.2) is 0 Å². The maximum Gasteiger partial charge on any atom is 0.135 e. The highest BCUT2D eigenvalue weighted by Crippen LogP contribution is 2.48. The quantitative estimate of drug-likeness (QED) is 0.181. The summed E-state index contributed by atoms with van der Waals surface area (Å²) in [5.41, 5.74) is 4.84. The first-order valence-corrected chi connectivity index (χ1v) is 12.0. The summed E-state index contributed by atoms with van der Waals surface area (Å²) in [4.78, 5) is 0. The van der Waals surface area contributed by atoms with E-state index < -0.39 is 0 Å². The number of hydrogen-bond donors (Lipinski definition) is 0. The molecule has 0 fully saturated rings. The molecule has 162 valence electrons. The predicted molar refractivity (Wildman–Crippen MR) is 147 cm³/mol. The molecule has 0 atom stereocenters. The maximum absolute atomic E-state index is 6.31. The second-order valence-corrected chi connectivity index (χ2v) is 9.36. The van der Waals surface area contributed by atoms with E-state index in [4.69, 9.17) is 4.74 Å². The molecule has 0 amide bonds. The van der Waals surface area contributed by atoms with Gasteiger partial charge >= 0.3 is 0 Å². The highest BCUT2D eigenvalue weighted by atomic mass is 16.5. The van der Waals surface area contributed by atoms with Crippen LogP contribution in [0, 0.1) is 0 Å². The van der Waals surface area contributed by atoms with Crippen molar-refractivity contribution in [2.75, 3.05) is 0 Å². The summed E-state index contributed by atoms with van der Waals surface area (Å²) in [6.07, 6.45) is 0. The lowest BCUT2D eigenvalue weighted by molar-refractivity contribution is 0.487. The van der Waals surface area contributed by atoms with Crippen LogP contribution in [0.2, 0.25) is 0 Å². The Bertz CT molecular complexity index is 1980.